The smallest absolute Gasteiger partial charge is 0.251 e. The lowest BCUT2D eigenvalue weighted by Gasteiger charge is -2.19. The maximum absolute atomic E-state index is 12.5. The highest BCUT2D eigenvalue weighted by Gasteiger charge is 2.15. The molecule has 3 aromatic rings. The van der Waals surface area contributed by atoms with Crippen molar-refractivity contribution in [2.45, 2.75) is 6.04 Å². The molecule has 0 saturated carbocycles. The van der Waals surface area contributed by atoms with Crippen LogP contribution in [0.25, 0.3) is 0 Å². The molecule has 0 fully saturated rings. The topological polar surface area (TPSA) is 70.2 Å². The van der Waals surface area contributed by atoms with Crippen LogP contribution in [0.5, 0.6) is 0 Å². The van der Waals surface area contributed by atoms with Gasteiger partial charge in [-0.05, 0) is 29.3 Å². The van der Waals surface area contributed by atoms with Crippen molar-refractivity contribution < 1.29 is 9.59 Å². The highest BCUT2D eigenvalue weighted by molar-refractivity contribution is 5.97. The molecule has 0 aliphatic carbocycles. The molecule has 0 saturated heterocycles. The maximum atomic E-state index is 12.5. The molecule has 3 N–H and O–H groups in total. The van der Waals surface area contributed by atoms with E-state index < -0.39 is 0 Å². The van der Waals surface area contributed by atoms with E-state index in [0.29, 0.717) is 11.3 Å². The Morgan fingerprint density at radius 2 is 1.43 bits per heavy atom. The Kier molecular flexibility index (Phi) is 6.54. The Hall–Kier alpha value is -3.44. The van der Waals surface area contributed by atoms with E-state index in [1.807, 2.05) is 60.7 Å². The zero-order valence-corrected chi connectivity index (χ0v) is 15.7. The molecule has 3 rings (SSSR count). The second-order valence-corrected chi connectivity index (χ2v) is 6.34. The van der Waals surface area contributed by atoms with Gasteiger partial charge in [0.25, 0.3) is 5.91 Å². The summed E-state index contributed by atoms with van der Waals surface area (Å²) in [5.41, 5.74) is 3.26. The van der Waals surface area contributed by atoms with E-state index in [-0.39, 0.29) is 24.4 Å². The fourth-order valence-electron chi connectivity index (χ4n) is 3.00. The van der Waals surface area contributed by atoms with Crippen molar-refractivity contribution in [1.82, 2.24) is 10.6 Å². The highest BCUT2D eigenvalue weighted by Crippen LogP contribution is 2.21. The fourth-order valence-corrected chi connectivity index (χ4v) is 3.00. The van der Waals surface area contributed by atoms with E-state index in [2.05, 4.69) is 16.0 Å². The Balaban J connectivity index is 1.68. The lowest BCUT2D eigenvalue weighted by molar-refractivity contribution is -0.115. The molecule has 5 nitrogen and oxygen atoms in total. The van der Waals surface area contributed by atoms with Crippen molar-refractivity contribution in [1.29, 1.82) is 0 Å². The number of carbonyl (C=O) groups excluding carboxylic acids is 2. The van der Waals surface area contributed by atoms with Gasteiger partial charge in [0.2, 0.25) is 5.91 Å². The molecule has 0 aliphatic rings. The number of benzene rings is 3. The number of hydrogen-bond acceptors (Lipinski definition) is 3. The van der Waals surface area contributed by atoms with Gasteiger partial charge in [0.05, 0.1) is 12.6 Å². The van der Waals surface area contributed by atoms with Gasteiger partial charge in [0.15, 0.2) is 0 Å². The Bertz CT molecular complexity index is 887. The van der Waals surface area contributed by atoms with Crippen LogP contribution >= 0.6 is 0 Å². The summed E-state index contributed by atoms with van der Waals surface area (Å²) in [5.74, 6) is -0.367. The van der Waals surface area contributed by atoms with Crippen LogP contribution in [0.15, 0.2) is 84.9 Å². The molecule has 0 aromatic heterocycles. The number of carbonyl (C=O) groups is 2. The second kappa shape index (κ2) is 9.48. The largest absolute Gasteiger partial charge is 0.355 e. The second-order valence-electron chi connectivity index (χ2n) is 6.34. The molecule has 0 bridgehead atoms. The summed E-state index contributed by atoms with van der Waals surface area (Å²) in [7, 11) is 1.57. The van der Waals surface area contributed by atoms with E-state index in [9.17, 15) is 9.59 Å². The minimum absolute atomic E-state index is 0.0923. The van der Waals surface area contributed by atoms with Crippen molar-refractivity contribution >= 4 is 17.5 Å². The van der Waals surface area contributed by atoms with Crippen LogP contribution in [-0.2, 0) is 4.79 Å². The molecule has 28 heavy (non-hydrogen) atoms. The molecule has 2 amide bonds. The quantitative estimate of drug-likeness (QED) is 0.595. The van der Waals surface area contributed by atoms with Crippen molar-refractivity contribution in [2.75, 3.05) is 18.9 Å². The van der Waals surface area contributed by atoms with Crippen LogP contribution in [0, 0.1) is 0 Å². The minimum atomic E-state index is -0.192. The molecule has 0 spiro atoms. The van der Waals surface area contributed by atoms with Crippen molar-refractivity contribution in [2.24, 2.45) is 0 Å². The Morgan fingerprint density at radius 3 is 2.00 bits per heavy atom. The van der Waals surface area contributed by atoms with Crippen LogP contribution in [0.1, 0.15) is 27.5 Å². The predicted octanol–water partition coefficient (Wildman–Crippen LogP) is 3.36. The molecule has 142 valence electrons. The van der Waals surface area contributed by atoms with Gasteiger partial charge in [-0.2, -0.15) is 0 Å². The Morgan fingerprint density at radius 1 is 0.821 bits per heavy atom. The van der Waals surface area contributed by atoms with Gasteiger partial charge in [0, 0.05) is 18.3 Å². The van der Waals surface area contributed by atoms with Gasteiger partial charge in [-0.1, -0.05) is 66.7 Å². The van der Waals surface area contributed by atoms with Crippen LogP contribution in [0.2, 0.25) is 0 Å². The van der Waals surface area contributed by atoms with Gasteiger partial charge in [-0.15, -0.1) is 0 Å². The Labute approximate surface area is 164 Å². The average molecular weight is 373 g/mol. The summed E-state index contributed by atoms with van der Waals surface area (Å²) in [6.45, 7) is 0.138. The van der Waals surface area contributed by atoms with E-state index in [1.54, 1.807) is 31.3 Å². The molecule has 5 heteroatoms. The first kappa shape index (κ1) is 19.3. The zero-order valence-electron chi connectivity index (χ0n) is 15.7. The standard InChI is InChI=1S/C23H23N3O2/c1-24-23(28)19-13-8-14-20(15-19)26-21(27)16-25-22(17-9-4-2-5-10-17)18-11-6-3-7-12-18/h2-15,22,25H,16H2,1H3,(H,24,28)(H,26,27). The number of amides is 2. The summed E-state index contributed by atoms with van der Waals surface area (Å²) in [6, 6.07) is 26.8. The van der Waals surface area contributed by atoms with E-state index in [4.69, 9.17) is 0 Å². The summed E-state index contributed by atoms with van der Waals surface area (Å²) in [5, 5.41) is 8.74. The van der Waals surface area contributed by atoms with Crippen molar-refractivity contribution in [3.63, 3.8) is 0 Å². The number of hydrogen-bond donors (Lipinski definition) is 3. The molecule has 0 radical (unpaired) electrons. The normalized spacial score (nSPS) is 10.5. The summed E-state index contributed by atoms with van der Waals surface area (Å²) in [6.07, 6.45) is 0. The van der Waals surface area contributed by atoms with E-state index in [1.165, 1.54) is 0 Å². The molecule has 0 atom stereocenters. The van der Waals surface area contributed by atoms with Crippen molar-refractivity contribution in [3.05, 3.63) is 102 Å². The summed E-state index contributed by atoms with van der Waals surface area (Å²) in [4.78, 5) is 24.2. The average Bonchev–Trinajstić information content (AvgIpc) is 2.75. The van der Waals surface area contributed by atoms with E-state index >= 15 is 0 Å². The predicted molar refractivity (Wildman–Crippen MR) is 111 cm³/mol. The lowest BCUT2D eigenvalue weighted by atomic mass is 9.99. The highest BCUT2D eigenvalue weighted by atomic mass is 16.2. The SMILES string of the molecule is CNC(=O)c1cccc(NC(=O)CNC(c2ccccc2)c2ccccc2)c1. The fraction of sp³-hybridized carbons (Fsp3) is 0.130. The zero-order chi connectivity index (χ0) is 19.8. The molecule has 0 aliphatic heterocycles. The van der Waals surface area contributed by atoms with Crippen LogP contribution in [0.3, 0.4) is 0 Å². The third-order valence-electron chi connectivity index (χ3n) is 4.37. The van der Waals surface area contributed by atoms with Gasteiger partial charge < -0.3 is 10.6 Å². The first-order valence-electron chi connectivity index (χ1n) is 9.12. The number of anilines is 1. The molecular formula is C23H23N3O2. The first-order valence-corrected chi connectivity index (χ1v) is 9.12. The third-order valence-corrected chi connectivity index (χ3v) is 4.37. The van der Waals surface area contributed by atoms with Crippen molar-refractivity contribution in [3.8, 4) is 0 Å². The molecular weight excluding hydrogens is 350 g/mol. The van der Waals surface area contributed by atoms with Gasteiger partial charge in [-0.3, -0.25) is 14.9 Å². The number of rotatable bonds is 7. The number of nitrogens with one attached hydrogen (secondary N) is 3. The first-order chi connectivity index (χ1) is 13.7. The molecule has 0 heterocycles. The monoisotopic (exact) mass is 373 g/mol. The summed E-state index contributed by atoms with van der Waals surface area (Å²) < 4.78 is 0. The van der Waals surface area contributed by atoms with Gasteiger partial charge in [-0.25, -0.2) is 0 Å². The van der Waals surface area contributed by atoms with Crippen LogP contribution < -0.4 is 16.0 Å². The lowest BCUT2D eigenvalue weighted by Crippen LogP contribution is -2.32. The maximum Gasteiger partial charge on any atom is 0.251 e. The minimum Gasteiger partial charge on any atom is -0.355 e. The van der Waals surface area contributed by atoms with Crippen LogP contribution in [-0.4, -0.2) is 25.4 Å². The van der Waals surface area contributed by atoms with Crippen LogP contribution in [0.4, 0.5) is 5.69 Å². The summed E-state index contributed by atoms with van der Waals surface area (Å²) >= 11 is 0. The van der Waals surface area contributed by atoms with Gasteiger partial charge >= 0.3 is 0 Å². The van der Waals surface area contributed by atoms with E-state index in [0.717, 1.165) is 11.1 Å². The van der Waals surface area contributed by atoms with Gasteiger partial charge in [0.1, 0.15) is 0 Å². The molecule has 3 aromatic carbocycles. The molecule has 0 unspecified atom stereocenters. The third kappa shape index (κ3) is 5.05.